The second-order valence-electron chi connectivity index (χ2n) is 18.4. The predicted molar refractivity (Wildman–Crippen MR) is 280 cm³/mol. The first-order chi connectivity index (χ1) is 34.2. The Labute approximate surface area is 416 Å². The first-order valence-electron chi connectivity index (χ1n) is 24.1. The minimum Gasteiger partial charge on any atom is -0.507 e. The third kappa shape index (κ3) is 11.9. The van der Waals surface area contributed by atoms with E-state index < -0.39 is 0 Å². The number of phenolic OH excluding ortho intramolecular Hbond substituents is 2. The number of nitrogens with zero attached hydrogens (tertiary/aromatic N) is 6. The van der Waals surface area contributed by atoms with Crippen molar-refractivity contribution in [2.45, 2.75) is 94.3 Å². The lowest BCUT2D eigenvalue weighted by Gasteiger charge is -2.21. The number of aromatic hydroxyl groups is 2. The molecule has 12 nitrogen and oxygen atoms in total. The van der Waals surface area contributed by atoms with Crippen LogP contribution in [0.15, 0.2) is 109 Å². The van der Waals surface area contributed by atoms with E-state index in [1.807, 2.05) is 90.1 Å². The standard InChI is InChI=1S/C59H62N6O6/c1-11-42(31-68-44-17-23-50(52(66)29-44)58-62-54(46-19-13-34(3)25-38(46)7)60-55(63-58)47-20-14-35(4)26-39(47)8)70-33-71-43(12-2)32-69-45-18-24-51(53(67)30-45)59-64-56(48-21-15-36(5)27-40(48)9)61-57(65-59)49-22-16-37(6)28-41(49)10/h13-30,42-43,66-67H,11-12,31-33H2,1-10H3. The number of aromatic nitrogens is 6. The van der Waals surface area contributed by atoms with Gasteiger partial charge < -0.3 is 29.2 Å². The van der Waals surface area contributed by atoms with Crippen LogP contribution in [0, 0.1) is 55.4 Å². The van der Waals surface area contributed by atoms with Gasteiger partial charge in [0, 0.05) is 34.4 Å². The summed E-state index contributed by atoms with van der Waals surface area (Å²) >= 11 is 0. The van der Waals surface area contributed by atoms with Gasteiger partial charge in [0.15, 0.2) is 34.9 Å². The number of aryl methyl sites for hydroxylation is 8. The summed E-state index contributed by atoms with van der Waals surface area (Å²) in [6.07, 6.45) is 0.758. The van der Waals surface area contributed by atoms with Gasteiger partial charge in [-0.3, -0.25) is 0 Å². The SMILES string of the molecule is CCC(COc1ccc(-c2nc(-c3ccc(C)cc3C)nc(-c3ccc(C)cc3C)n2)c(O)c1)OCOC(CC)COc1ccc(-c2nc(-c3ccc(C)cc3C)nc(-c3ccc(C)cc3C)n2)c(O)c1. The highest BCUT2D eigenvalue weighted by Gasteiger charge is 2.21. The molecule has 0 radical (unpaired) electrons. The number of hydrogen-bond donors (Lipinski definition) is 2. The molecule has 0 fully saturated rings. The highest BCUT2D eigenvalue weighted by Crippen LogP contribution is 2.36. The van der Waals surface area contributed by atoms with Gasteiger partial charge in [-0.15, -0.1) is 0 Å². The Morgan fingerprint density at radius 3 is 0.887 bits per heavy atom. The molecule has 0 aliphatic rings. The third-order valence-corrected chi connectivity index (χ3v) is 12.6. The second-order valence-corrected chi connectivity index (χ2v) is 18.4. The highest BCUT2D eigenvalue weighted by atomic mass is 16.7. The molecule has 2 unspecified atom stereocenters. The largest absolute Gasteiger partial charge is 0.507 e. The zero-order valence-corrected chi connectivity index (χ0v) is 42.3. The molecule has 2 heterocycles. The van der Waals surface area contributed by atoms with E-state index in [0.29, 0.717) is 70.4 Å². The summed E-state index contributed by atoms with van der Waals surface area (Å²) in [7, 11) is 0. The second kappa shape index (κ2) is 22.0. The third-order valence-electron chi connectivity index (χ3n) is 12.6. The quantitative estimate of drug-likeness (QED) is 0.0787. The lowest BCUT2D eigenvalue weighted by atomic mass is 10.0. The molecule has 0 amide bonds. The fraction of sp³-hybridized carbons (Fsp3) is 0.288. The van der Waals surface area contributed by atoms with Gasteiger partial charge >= 0.3 is 0 Å². The average Bonchev–Trinajstić information content (AvgIpc) is 3.33. The molecule has 2 aromatic heterocycles. The van der Waals surface area contributed by atoms with Gasteiger partial charge in [-0.1, -0.05) is 109 Å². The molecule has 8 rings (SSSR count). The fourth-order valence-corrected chi connectivity index (χ4v) is 8.49. The first-order valence-corrected chi connectivity index (χ1v) is 24.1. The van der Waals surface area contributed by atoms with E-state index in [1.54, 1.807) is 36.4 Å². The normalized spacial score (nSPS) is 12.2. The maximum absolute atomic E-state index is 11.4. The summed E-state index contributed by atoms with van der Waals surface area (Å²) in [6.45, 7) is 20.9. The van der Waals surface area contributed by atoms with Crippen molar-refractivity contribution >= 4 is 0 Å². The molecule has 0 saturated heterocycles. The fourth-order valence-electron chi connectivity index (χ4n) is 8.49. The molecule has 2 atom stereocenters. The lowest BCUT2D eigenvalue weighted by Crippen LogP contribution is -2.27. The Morgan fingerprint density at radius 2 is 0.634 bits per heavy atom. The van der Waals surface area contributed by atoms with Gasteiger partial charge in [0.05, 0.1) is 23.3 Å². The molecular weight excluding hydrogens is 889 g/mol. The number of phenols is 2. The highest BCUT2D eigenvalue weighted by molar-refractivity contribution is 5.74. The molecule has 0 aliphatic heterocycles. The molecular formula is C59H62N6O6. The summed E-state index contributed by atoms with van der Waals surface area (Å²) in [5, 5.41) is 22.8. The number of ether oxygens (including phenoxy) is 4. The number of benzene rings is 6. The van der Waals surface area contributed by atoms with Crippen LogP contribution in [0.2, 0.25) is 0 Å². The van der Waals surface area contributed by atoms with Gasteiger partial charge in [0.2, 0.25) is 0 Å². The van der Waals surface area contributed by atoms with Crippen molar-refractivity contribution in [3.63, 3.8) is 0 Å². The molecule has 0 bridgehead atoms. The molecule has 364 valence electrons. The van der Waals surface area contributed by atoms with Gasteiger partial charge in [-0.2, -0.15) is 0 Å². The van der Waals surface area contributed by atoms with Crippen LogP contribution in [0.25, 0.3) is 68.3 Å². The van der Waals surface area contributed by atoms with Crippen LogP contribution >= 0.6 is 0 Å². The Bertz CT molecular complexity index is 2860. The van der Waals surface area contributed by atoms with E-state index in [2.05, 4.69) is 52.0 Å². The van der Waals surface area contributed by atoms with Crippen molar-refractivity contribution in [3.05, 3.63) is 154 Å². The minimum atomic E-state index is -0.287. The van der Waals surface area contributed by atoms with E-state index >= 15 is 0 Å². The molecule has 8 aromatic rings. The molecule has 2 N–H and O–H groups in total. The van der Waals surface area contributed by atoms with Crippen LogP contribution in [-0.4, -0.2) is 72.3 Å². The van der Waals surface area contributed by atoms with Crippen molar-refractivity contribution in [2.24, 2.45) is 0 Å². The van der Waals surface area contributed by atoms with Crippen LogP contribution in [-0.2, 0) is 9.47 Å². The zero-order chi connectivity index (χ0) is 50.3. The lowest BCUT2D eigenvalue weighted by molar-refractivity contribution is -0.133. The minimum absolute atomic E-state index is 0.0201. The smallest absolute Gasteiger partial charge is 0.167 e. The van der Waals surface area contributed by atoms with E-state index in [4.69, 9.17) is 48.9 Å². The van der Waals surface area contributed by atoms with Crippen molar-refractivity contribution in [1.82, 2.24) is 29.9 Å². The maximum Gasteiger partial charge on any atom is 0.167 e. The van der Waals surface area contributed by atoms with Crippen LogP contribution < -0.4 is 9.47 Å². The zero-order valence-electron chi connectivity index (χ0n) is 42.3. The Kier molecular flexibility index (Phi) is 15.5. The molecule has 6 aromatic carbocycles. The topological polar surface area (TPSA) is 155 Å². The Morgan fingerprint density at radius 1 is 0.366 bits per heavy atom. The molecule has 12 heteroatoms. The van der Waals surface area contributed by atoms with Crippen molar-refractivity contribution in [1.29, 1.82) is 0 Å². The van der Waals surface area contributed by atoms with Gasteiger partial charge in [-0.25, -0.2) is 29.9 Å². The predicted octanol–water partition coefficient (Wildman–Crippen LogP) is 12.9. The van der Waals surface area contributed by atoms with Gasteiger partial charge in [0.1, 0.15) is 43.0 Å². The van der Waals surface area contributed by atoms with E-state index in [1.165, 1.54) is 0 Å². The van der Waals surface area contributed by atoms with E-state index in [9.17, 15) is 10.2 Å². The Balaban J connectivity index is 0.896. The first kappa shape index (κ1) is 49.9. The van der Waals surface area contributed by atoms with Crippen LogP contribution in [0.4, 0.5) is 0 Å². The molecule has 0 spiro atoms. The van der Waals surface area contributed by atoms with E-state index in [-0.39, 0.29) is 43.7 Å². The summed E-state index contributed by atoms with van der Waals surface area (Å²) < 4.78 is 24.5. The van der Waals surface area contributed by atoms with Gasteiger partial charge in [0.25, 0.3) is 0 Å². The average molecular weight is 951 g/mol. The maximum atomic E-state index is 11.4. The summed E-state index contributed by atoms with van der Waals surface area (Å²) in [6, 6.07) is 35.0. The van der Waals surface area contributed by atoms with Crippen molar-refractivity contribution < 1.29 is 29.2 Å². The van der Waals surface area contributed by atoms with E-state index in [0.717, 1.165) is 66.8 Å². The number of hydrogen-bond acceptors (Lipinski definition) is 12. The van der Waals surface area contributed by atoms with Crippen LogP contribution in [0.5, 0.6) is 23.0 Å². The summed E-state index contributed by atoms with van der Waals surface area (Å²) in [5.41, 5.74) is 13.3. The summed E-state index contributed by atoms with van der Waals surface area (Å²) in [4.78, 5) is 29.3. The molecule has 0 saturated carbocycles. The van der Waals surface area contributed by atoms with Gasteiger partial charge in [-0.05, 0) is 115 Å². The molecule has 0 aliphatic carbocycles. The number of rotatable bonds is 18. The monoisotopic (exact) mass is 950 g/mol. The van der Waals surface area contributed by atoms with Crippen LogP contribution in [0.1, 0.15) is 71.2 Å². The summed E-state index contributed by atoms with van der Waals surface area (Å²) in [5.74, 6) is 3.73. The Hall–Kier alpha value is -7.54. The van der Waals surface area contributed by atoms with Crippen molar-refractivity contribution in [3.8, 4) is 91.3 Å². The van der Waals surface area contributed by atoms with Crippen molar-refractivity contribution in [2.75, 3.05) is 20.0 Å². The van der Waals surface area contributed by atoms with Crippen LogP contribution in [0.3, 0.4) is 0 Å². The molecule has 71 heavy (non-hydrogen) atoms.